The summed E-state index contributed by atoms with van der Waals surface area (Å²) < 4.78 is 1.92. The van der Waals surface area contributed by atoms with Gasteiger partial charge in [0.15, 0.2) is 0 Å². The number of aromatic nitrogens is 3. The predicted molar refractivity (Wildman–Crippen MR) is 111 cm³/mol. The van der Waals surface area contributed by atoms with Crippen molar-refractivity contribution >= 4 is 11.6 Å². The van der Waals surface area contributed by atoms with Gasteiger partial charge in [-0.3, -0.25) is 14.5 Å². The van der Waals surface area contributed by atoms with Gasteiger partial charge in [0.05, 0.1) is 17.6 Å². The fourth-order valence-electron chi connectivity index (χ4n) is 2.77. The van der Waals surface area contributed by atoms with Gasteiger partial charge in [-0.15, -0.1) is 0 Å². The van der Waals surface area contributed by atoms with Crippen molar-refractivity contribution in [3.8, 4) is 11.8 Å². The summed E-state index contributed by atoms with van der Waals surface area (Å²) in [6.45, 7) is 9.04. The number of rotatable bonds is 4. The van der Waals surface area contributed by atoms with Crippen molar-refractivity contribution < 1.29 is 4.79 Å². The van der Waals surface area contributed by atoms with E-state index in [1.807, 2.05) is 48.9 Å². The Balaban J connectivity index is 1.80. The number of benzene rings is 1. The van der Waals surface area contributed by atoms with E-state index in [9.17, 15) is 4.79 Å². The number of hydrogen-bond donors (Lipinski definition) is 1. The molecule has 2 heterocycles. The maximum atomic E-state index is 12.7. The van der Waals surface area contributed by atoms with Gasteiger partial charge in [0.2, 0.25) is 0 Å². The molecule has 0 spiro atoms. The molecule has 142 valence electrons. The fourth-order valence-corrected chi connectivity index (χ4v) is 2.77. The number of pyridine rings is 1. The molecule has 0 fully saturated rings. The lowest BCUT2D eigenvalue weighted by atomic mass is 10.0. The smallest absolute Gasteiger partial charge is 0.255 e. The molecule has 0 aliphatic carbocycles. The Morgan fingerprint density at radius 2 is 2.00 bits per heavy atom. The lowest BCUT2D eigenvalue weighted by Crippen LogP contribution is -2.13. The molecule has 3 rings (SSSR count). The zero-order valence-electron chi connectivity index (χ0n) is 16.7. The summed E-state index contributed by atoms with van der Waals surface area (Å²) in [7, 11) is 0. The van der Waals surface area contributed by atoms with E-state index in [1.165, 1.54) is 0 Å². The number of nitrogens with zero attached hydrogens (tertiary/aromatic N) is 3. The molecule has 3 aromatic rings. The molecule has 0 unspecified atom stereocenters. The summed E-state index contributed by atoms with van der Waals surface area (Å²) in [6.07, 6.45) is 5.14. The lowest BCUT2D eigenvalue weighted by Gasteiger charge is -2.09. The van der Waals surface area contributed by atoms with E-state index in [2.05, 4.69) is 41.1 Å². The molecular formula is C23H24N4O. The molecular weight excluding hydrogens is 348 g/mol. The van der Waals surface area contributed by atoms with Crippen molar-refractivity contribution in [2.75, 3.05) is 5.32 Å². The molecule has 5 nitrogen and oxygen atoms in total. The number of aryl methyl sites for hydroxylation is 1. The van der Waals surface area contributed by atoms with Crippen LogP contribution in [0.15, 0.2) is 48.9 Å². The SMILES string of the molecule is Cc1ccc(C(=O)Nc2cnn(CC(C)C)c2C)cc1C#Cc1cccnc1. The molecule has 28 heavy (non-hydrogen) atoms. The second kappa shape index (κ2) is 8.53. The molecule has 0 saturated carbocycles. The van der Waals surface area contributed by atoms with E-state index in [1.54, 1.807) is 18.6 Å². The Hall–Kier alpha value is -3.39. The van der Waals surface area contributed by atoms with E-state index in [0.717, 1.165) is 34.6 Å². The third kappa shape index (κ3) is 4.66. The first-order chi connectivity index (χ1) is 13.4. The monoisotopic (exact) mass is 372 g/mol. The van der Waals surface area contributed by atoms with Crippen LogP contribution in [0.4, 0.5) is 5.69 Å². The quantitative estimate of drug-likeness (QED) is 0.698. The van der Waals surface area contributed by atoms with E-state index < -0.39 is 0 Å². The van der Waals surface area contributed by atoms with Crippen LogP contribution in [0.5, 0.6) is 0 Å². The third-order valence-electron chi connectivity index (χ3n) is 4.39. The minimum atomic E-state index is -0.170. The van der Waals surface area contributed by atoms with Crippen molar-refractivity contribution in [2.24, 2.45) is 5.92 Å². The highest BCUT2D eigenvalue weighted by Gasteiger charge is 2.13. The molecule has 1 aromatic carbocycles. The normalized spacial score (nSPS) is 10.5. The first-order valence-corrected chi connectivity index (χ1v) is 9.30. The summed E-state index contributed by atoms with van der Waals surface area (Å²) in [5.41, 5.74) is 4.93. The van der Waals surface area contributed by atoms with Crippen molar-refractivity contribution in [2.45, 2.75) is 34.2 Å². The van der Waals surface area contributed by atoms with Crippen LogP contribution in [-0.2, 0) is 6.54 Å². The van der Waals surface area contributed by atoms with E-state index in [-0.39, 0.29) is 5.91 Å². The van der Waals surface area contributed by atoms with Crippen LogP contribution < -0.4 is 5.32 Å². The van der Waals surface area contributed by atoms with Gasteiger partial charge < -0.3 is 5.32 Å². The molecule has 0 radical (unpaired) electrons. The highest BCUT2D eigenvalue weighted by molar-refractivity contribution is 6.04. The number of amides is 1. The van der Waals surface area contributed by atoms with Crippen molar-refractivity contribution in [1.82, 2.24) is 14.8 Å². The van der Waals surface area contributed by atoms with Crippen LogP contribution in [-0.4, -0.2) is 20.7 Å². The van der Waals surface area contributed by atoms with Gasteiger partial charge in [0, 0.05) is 35.6 Å². The van der Waals surface area contributed by atoms with E-state index >= 15 is 0 Å². The topological polar surface area (TPSA) is 59.8 Å². The average Bonchev–Trinajstić information content (AvgIpc) is 3.01. The fraction of sp³-hybridized carbons (Fsp3) is 0.261. The molecule has 1 amide bonds. The minimum Gasteiger partial charge on any atom is -0.319 e. The van der Waals surface area contributed by atoms with Gasteiger partial charge in [0.25, 0.3) is 5.91 Å². The van der Waals surface area contributed by atoms with Gasteiger partial charge in [-0.25, -0.2) is 0 Å². The summed E-state index contributed by atoms with van der Waals surface area (Å²) in [6, 6.07) is 9.30. The van der Waals surface area contributed by atoms with Gasteiger partial charge >= 0.3 is 0 Å². The minimum absolute atomic E-state index is 0.170. The van der Waals surface area contributed by atoms with Gasteiger partial charge in [-0.2, -0.15) is 5.10 Å². The molecule has 5 heteroatoms. The van der Waals surface area contributed by atoms with E-state index in [4.69, 9.17) is 0 Å². The Morgan fingerprint density at radius 3 is 2.71 bits per heavy atom. The molecule has 1 N–H and O–H groups in total. The predicted octanol–water partition coefficient (Wildman–Crippen LogP) is 4.20. The summed E-state index contributed by atoms with van der Waals surface area (Å²) in [4.78, 5) is 16.8. The summed E-state index contributed by atoms with van der Waals surface area (Å²) in [5, 5.41) is 7.33. The molecule has 0 aliphatic heterocycles. The lowest BCUT2D eigenvalue weighted by molar-refractivity contribution is 0.102. The highest BCUT2D eigenvalue weighted by atomic mass is 16.1. The van der Waals surface area contributed by atoms with E-state index in [0.29, 0.717) is 11.5 Å². The zero-order chi connectivity index (χ0) is 20.1. The molecule has 2 aromatic heterocycles. The first-order valence-electron chi connectivity index (χ1n) is 9.30. The Bertz CT molecular complexity index is 1040. The maximum absolute atomic E-state index is 12.7. The van der Waals surface area contributed by atoms with Crippen LogP contribution >= 0.6 is 0 Å². The number of carbonyl (C=O) groups is 1. The second-order valence-corrected chi connectivity index (χ2v) is 7.20. The molecule has 0 bridgehead atoms. The maximum Gasteiger partial charge on any atom is 0.255 e. The summed E-state index contributed by atoms with van der Waals surface area (Å²) in [5.74, 6) is 6.55. The van der Waals surface area contributed by atoms with Gasteiger partial charge in [-0.05, 0) is 49.6 Å². The van der Waals surface area contributed by atoms with Crippen LogP contribution in [0.25, 0.3) is 0 Å². The van der Waals surface area contributed by atoms with Crippen molar-refractivity contribution in [3.05, 3.63) is 76.9 Å². The van der Waals surface area contributed by atoms with Crippen LogP contribution in [0.3, 0.4) is 0 Å². The summed E-state index contributed by atoms with van der Waals surface area (Å²) >= 11 is 0. The number of nitrogens with one attached hydrogen (secondary N) is 1. The largest absolute Gasteiger partial charge is 0.319 e. The number of hydrogen-bond acceptors (Lipinski definition) is 3. The Labute approximate surface area is 165 Å². The number of carbonyl (C=O) groups excluding carboxylic acids is 1. The Morgan fingerprint density at radius 1 is 1.18 bits per heavy atom. The standard InChI is InChI=1S/C23H24N4O/c1-16(2)15-27-18(4)22(14-25-27)26-23(28)21-9-7-17(3)20(12-21)10-8-19-6-5-11-24-13-19/h5-7,9,11-14,16H,15H2,1-4H3,(H,26,28). The first kappa shape index (κ1) is 19.4. The van der Waals surface area contributed by atoms with Crippen LogP contribution in [0, 0.1) is 31.6 Å². The Kier molecular flexibility index (Phi) is 5.90. The van der Waals surface area contributed by atoms with Crippen molar-refractivity contribution in [3.63, 3.8) is 0 Å². The molecule has 0 saturated heterocycles. The third-order valence-corrected chi connectivity index (χ3v) is 4.39. The van der Waals surface area contributed by atoms with Gasteiger partial charge in [-0.1, -0.05) is 31.8 Å². The average molecular weight is 372 g/mol. The van der Waals surface area contributed by atoms with Crippen LogP contribution in [0.2, 0.25) is 0 Å². The highest BCUT2D eigenvalue weighted by Crippen LogP contribution is 2.17. The van der Waals surface area contributed by atoms with Crippen LogP contribution in [0.1, 0.15) is 46.6 Å². The zero-order valence-corrected chi connectivity index (χ0v) is 16.7. The molecule has 0 atom stereocenters. The second-order valence-electron chi connectivity index (χ2n) is 7.20. The molecule has 0 aliphatic rings. The van der Waals surface area contributed by atoms with Crippen molar-refractivity contribution in [1.29, 1.82) is 0 Å². The van der Waals surface area contributed by atoms with Gasteiger partial charge in [0.1, 0.15) is 0 Å². The number of anilines is 1.